The van der Waals surface area contributed by atoms with Gasteiger partial charge >= 0.3 is 0 Å². The Kier molecular flexibility index (Phi) is 4.38. The lowest BCUT2D eigenvalue weighted by molar-refractivity contribution is 0.0635. The quantitative estimate of drug-likeness (QED) is 0.881. The van der Waals surface area contributed by atoms with Gasteiger partial charge in [0.15, 0.2) is 0 Å². The van der Waals surface area contributed by atoms with Gasteiger partial charge in [0.25, 0.3) is 0 Å². The lowest BCUT2D eigenvalue weighted by atomic mass is 10.0. The molecular weight excluding hydrogens is 222 g/mol. The number of hydrogen-bond acceptors (Lipinski definition) is 3. The first-order valence-corrected chi connectivity index (χ1v) is 6.82. The Morgan fingerprint density at radius 1 is 1.39 bits per heavy atom. The van der Waals surface area contributed by atoms with Gasteiger partial charge in [-0.1, -0.05) is 29.8 Å². The molecule has 0 aliphatic carbocycles. The molecule has 100 valence electrons. The summed E-state index contributed by atoms with van der Waals surface area (Å²) >= 11 is 0. The van der Waals surface area contributed by atoms with Crippen molar-refractivity contribution in [3.8, 4) is 0 Å². The van der Waals surface area contributed by atoms with Gasteiger partial charge in [0.2, 0.25) is 0 Å². The van der Waals surface area contributed by atoms with E-state index in [9.17, 15) is 0 Å². The predicted octanol–water partition coefficient (Wildman–Crippen LogP) is 1.63. The molecule has 0 bridgehead atoms. The van der Waals surface area contributed by atoms with Gasteiger partial charge < -0.3 is 10.6 Å². The van der Waals surface area contributed by atoms with Gasteiger partial charge in [0, 0.05) is 38.3 Å². The Hall–Kier alpha value is -0.900. The van der Waals surface area contributed by atoms with Crippen LogP contribution >= 0.6 is 0 Å². The van der Waals surface area contributed by atoms with E-state index in [4.69, 9.17) is 5.73 Å². The first-order valence-electron chi connectivity index (χ1n) is 6.82. The van der Waals surface area contributed by atoms with Gasteiger partial charge in [-0.25, -0.2) is 0 Å². The van der Waals surface area contributed by atoms with E-state index in [0.29, 0.717) is 18.6 Å². The molecule has 0 aromatic heterocycles. The zero-order valence-corrected chi connectivity index (χ0v) is 11.8. The minimum absolute atomic E-state index is 0.355. The van der Waals surface area contributed by atoms with Crippen molar-refractivity contribution >= 4 is 0 Å². The summed E-state index contributed by atoms with van der Waals surface area (Å²) in [7, 11) is 2.19. The zero-order chi connectivity index (χ0) is 13.1. The molecule has 1 aliphatic rings. The predicted molar refractivity (Wildman–Crippen MR) is 76.6 cm³/mol. The lowest BCUT2D eigenvalue weighted by Gasteiger charge is -2.42. The van der Waals surface area contributed by atoms with Crippen molar-refractivity contribution in [2.24, 2.45) is 5.73 Å². The first kappa shape index (κ1) is 13.5. The topological polar surface area (TPSA) is 32.5 Å². The van der Waals surface area contributed by atoms with Crippen molar-refractivity contribution in [3.63, 3.8) is 0 Å². The molecule has 0 saturated carbocycles. The maximum Gasteiger partial charge on any atom is 0.0474 e. The number of likely N-dealkylation sites (N-methyl/N-ethyl adjacent to an activating group) is 1. The van der Waals surface area contributed by atoms with Crippen molar-refractivity contribution in [1.82, 2.24) is 9.80 Å². The molecule has 0 radical (unpaired) electrons. The van der Waals surface area contributed by atoms with E-state index in [1.54, 1.807) is 0 Å². The van der Waals surface area contributed by atoms with E-state index in [-0.39, 0.29) is 0 Å². The number of hydrogen-bond donors (Lipinski definition) is 1. The Morgan fingerprint density at radius 2 is 2.17 bits per heavy atom. The fraction of sp³-hybridized carbons (Fsp3) is 0.600. The third kappa shape index (κ3) is 2.91. The summed E-state index contributed by atoms with van der Waals surface area (Å²) in [6, 6.07) is 9.67. The van der Waals surface area contributed by atoms with Gasteiger partial charge in [0.05, 0.1) is 0 Å². The maximum atomic E-state index is 6.03. The normalized spacial score (nSPS) is 24.1. The van der Waals surface area contributed by atoms with E-state index in [0.717, 1.165) is 19.6 Å². The largest absolute Gasteiger partial charge is 0.329 e. The van der Waals surface area contributed by atoms with Crippen LogP contribution in [0.25, 0.3) is 0 Å². The molecular formula is C15H25N3. The second kappa shape index (κ2) is 5.83. The Balaban J connectivity index is 2.18. The summed E-state index contributed by atoms with van der Waals surface area (Å²) in [4.78, 5) is 4.94. The zero-order valence-electron chi connectivity index (χ0n) is 11.8. The molecule has 3 nitrogen and oxygen atoms in total. The summed E-state index contributed by atoms with van der Waals surface area (Å²) in [5.74, 6) is 0. The average Bonchev–Trinajstić information content (AvgIpc) is 2.33. The minimum atomic E-state index is 0.355. The average molecular weight is 247 g/mol. The van der Waals surface area contributed by atoms with Crippen LogP contribution in [0.3, 0.4) is 0 Å². The summed E-state index contributed by atoms with van der Waals surface area (Å²) in [5, 5.41) is 0. The second-order valence-electron chi connectivity index (χ2n) is 5.51. The number of nitrogens with two attached hydrogens (primary N) is 1. The van der Waals surface area contributed by atoms with Crippen LogP contribution in [0.5, 0.6) is 0 Å². The van der Waals surface area contributed by atoms with Crippen molar-refractivity contribution in [1.29, 1.82) is 0 Å². The van der Waals surface area contributed by atoms with Gasteiger partial charge in [-0.2, -0.15) is 0 Å². The molecule has 0 amide bonds. The van der Waals surface area contributed by atoms with Crippen molar-refractivity contribution < 1.29 is 0 Å². The molecule has 2 unspecified atom stereocenters. The number of aryl methyl sites for hydroxylation is 1. The monoisotopic (exact) mass is 247 g/mol. The molecule has 1 heterocycles. The van der Waals surface area contributed by atoms with Gasteiger partial charge in [-0.15, -0.1) is 0 Å². The second-order valence-corrected chi connectivity index (χ2v) is 5.51. The highest BCUT2D eigenvalue weighted by molar-refractivity contribution is 5.25. The van der Waals surface area contributed by atoms with Crippen molar-refractivity contribution in [3.05, 3.63) is 35.4 Å². The molecule has 1 saturated heterocycles. The molecule has 1 aliphatic heterocycles. The summed E-state index contributed by atoms with van der Waals surface area (Å²) < 4.78 is 0. The molecule has 2 atom stereocenters. The van der Waals surface area contributed by atoms with Crippen LogP contribution in [0.4, 0.5) is 0 Å². The standard InChI is InChI=1S/C15H25N3/c1-12-5-4-6-14(9-12)15(10-16)18-8-7-17(3)11-13(18)2/h4-6,9,13,15H,7-8,10-11,16H2,1-3H3. The van der Waals surface area contributed by atoms with Gasteiger partial charge in [0.1, 0.15) is 0 Å². The maximum absolute atomic E-state index is 6.03. The fourth-order valence-electron chi connectivity index (χ4n) is 2.96. The van der Waals surface area contributed by atoms with E-state index in [1.807, 2.05) is 0 Å². The Morgan fingerprint density at radius 3 is 2.78 bits per heavy atom. The number of piperazine rings is 1. The van der Waals surface area contributed by atoms with Crippen LogP contribution in [0.15, 0.2) is 24.3 Å². The third-order valence-electron chi connectivity index (χ3n) is 3.93. The smallest absolute Gasteiger partial charge is 0.0474 e. The summed E-state index contributed by atoms with van der Waals surface area (Å²) in [5.41, 5.74) is 8.70. The van der Waals surface area contributed by atoms with E-state index < -0.39 is 0 Å². The highest BCUT2D eigenvalue weighted by Gasteiger charge is 2.28. The highest BCUT2D eigenvalue weighted by atomic mass is 15.3. The summed E-state index contributed by atoms with van der Waals surface area (Å²) in [6.07, 6.45) is 0. The molecule has 2 rings (SSSR count). The molecule has 0 spiro atoms. The van der Waals surface area contributed by atoms with E-state index in [1.165, 1.54) is 11.1 Å². The van der Waals surface area contributed by atoms with Crippen LogP contribution in [0.1, 0.15) is 24.1 Å². The van der Waals surface area contributed by atoms with Crippen molar-refractivity contribution in [2.75, 3.05) is 33.2 Å². The number of rotatable bonds is 3. The first-order chi connectivity index (χ1) is 8.61. The molecule has 18 heavy (non-hydrogen) atoms. The van der Waals surface area contributed by atoms with Crippen LogP contribution in [-0.4, -0.2) is 49.1 Å². The van der Waals surface area contributed by atoms with Gasteiger partial charge in [-0.3, -0.25) is 4.90 Å². The van der Waals surface area contributed by atoms with Crippen LogP contribution in [0, 0.1) is 6.92 Å². The molecule has 3 heteroatoms. The van der Waals surface area contributed by atoms with E-state index >= 15 is 0 Å². The minimum Gasteiger partial charge on any atom is -0.329 e. The Bertz CT molecular complexity index is 391. The van der Waals surface area contributed by atoms with Crippen LogP contribution in [-0.2, 0) is 0 Å². The Labute approximate surface area is 111 Å². The molecule has 1 fully saturated rings. The van der Waals surface area contributed by atoms with Crippen LogP contribution < -0.4 is 5.73 Å². The lowest BCUT2D eigenvalue weighted by Crippen LogP contribution is -2.52. The van der Waals surface area contributed by atoms with E-state index in [2.05, 4.69) is 55.0 Å². The molecule has 2 N–H and O–H groups in total. The summed E-state index contributed by atoms with van der Waals surface area (Å²) in [6.45, 7) is 8.50. The van der Waals surface area contributed by atoms with Crippen molar-refractivity contribution in [2.45, 2.75) is 25.9 Å². The fourth-order valence-corrected chi connectivity index (χ4v) is 2.96. The number of benzene rings is 1. The van der Waals surface area contributed by atoms with Crippen LogP contribution in [0.2, 0.25) is 0 Å². The molecule has 1 aromatic carbocycles. The number of nitrogens with zero attached hydrogens (tertiary/aromatic N) is 2. The highest BCUT2D eigenvalue weighted by Crippen LogP contribution is 2.24. The third-order valence-corrected chi connectivity index (χ3v) is 3.93. The SMILES string of the molecule is Cc1cccc(C(CN)N2CCN(C)CC2C)c1. The van der Waals surface area contributed by atoms with Gasteiger partial charge in [-0.05, 0) is 26.5 Å². The molecule has 1 aromatic rings.